The van der Waals surface area contributed by atoms with Crippen molar-refractivity contribution < 1.29 is 24.0 Å². The molecule has 0 unspecified atom stereocenters. The average molecular weight is 699 g/mol. The Morgan fingerprint density at radius 2 is 1.69 bits per heavy atom. The summed E-state index contributed by atoms with van der Waals surface area (Å²) in [6.07, 6.45) is 4.16. The lowest BCUT2D eigenvalue weighted by molar-refractivity contribution is -0.137. The number of aromatic nitrogens is 5. The Morgan fingerprint density at radius 1 is 0.922 bits per heavy atom. The number of hydrogen-bond donors (Lipinski definition) is 4. The molecule has 0 fully saturated rings. The first-order valence-electron chi connectivity index (χ1n) is 17.3. The maximum absolute atomic E-state index is 13.7. The molecule has 1 aliphatic heterocycles. The number of benzene rings is 1. The summed E-state index contributed by atoms with van der Waals surface area (Å²) in [5, 5.41) is 15.9. The van der Waals surface area contributed by atoms with E-state index in [4.69, 9.17) is 4.98 Å². The van der Waals surface area contributed by atoms with Crippen molar-refractivity contribution in [1.82, 2.24) is 50.3 Å². The first kappa shape index (κ1) is 36.7. The Kier molecular flexibility index (Phi) is 11.8. The lowest BCUT2D eigenvalue weighted by Crippen LogP contribution is -2.54. The van der Waals surface area contributed by atoms with E-state index in [-0.39, 0.29) is 50.3 Å². The number of carbonyl (C=O) groups excluding carboxylic acids is 5. The molecule has 4 aromatic rings. The maximum atomic E-state index is 13.7. The first-order valence-corrected chi connectivity index (χ1v) is 17.3. The molecule has 0 saturated heterocycles. The summed E-state index contributed by atoms with van der Waals surface area (Å²) in [6.45, 7) is 8.98. The quantitative estimate of drug-likeness (QED) is 0.243. The van der Waals surface area contributed by atoms with E-state index in [0.717, 1.165) is 16.8 Å². The summed E-state index contributed by atoms with van der Waals surface area (Å²) in [7, 11) is 0. The standard InChI is InChI=1S/C36H46N10O5/c1-22(2)17-28-36(51)40-24(4)34-42-32(26-12-7-6-8-13-26)43-46(34)21-29(47)37-14-10-15-44(20-30(48)39-25(5)35(50)41-28)31(49)18-27-19-38-33-23(3)11-9-16-45(27)33/h6-9,11-13,16,19,22,24-25,28H,10,14-15,17-18,20-21H2,1-5H3,(H,37,47)(H,39,48)(H,40,51)(H,41,50)/t24-,25+,28+/m0/s1. The first-order chi connectivity index (χ1) is 24.4. The van der Waals surface area contributed by atoms with Gasteiger partial charge in [-0.25, -0.2) is 14.6 Å². The molecule has 0 bridgehead atoms. The second-order valence-electron chi connectivity index (χ2n) is 13.4. The molecule has 0 saturated carbocycles. The third-order valence-electron chi connectivity index (χ3n) is 8.64. The van der Waals surface area contributed by atoms with E-state index in [1.165, 1.54) is 16.5 Å². The van der Waals surface area contributed by atoms with E-state index in [1.807, 2.05) is 73.8 Å². The van der Waals surface area contributed by atoms with Crippen LogP contribution in [0.15, 0.2) is 54.9 Å². The molecule has 1 aromatic carbocycles. The Bertz CT molecular complexity index is 1890. The fourth-order valence-corrected chi connectivity index (χ4v) is 5.99. The predicted octanol–water partition coefficient (Wildman–Crippen LogP) is 1.71. The molecule has 3 aromatic heterocycles. The molecule has 0 spiro atoms. The average Bonchev–Trinajstić information content (AvgIpc) is 3.70. The summed E-state index contributed by atoms with van der Waals surface area (Å²) in [6, 6.07) is 10.5. The van der Waals surface area contributed by atoms with Gasteiger partial charge in [0.2, 0.25) is 29.5 Å². The van der Waals surface area contributed by atoms with Gasteiger partial charge in [0.15, 0.2) is 5.82 Å². The van der Waals surface area contributed by atoms with Crippen LogP contribution < -0.4 is 21.3 Å². The Hall–Kier alpha value is -5.60. The third kappa shape index (κ3) is 9.35. The zero-order valence-corrected chi connectivity index (χ0v) is 29.7. The van der Waals surface area contributed by atoms with Crippen molar-refractivity contribution in [2.45, 2.75) is 78.6 Å². The SMILES string of the molecule is Cc1cccn2c(CC(=O)N3CCCNC(=O)Cn4nc(-c5ccccc5)nc4[C@H](C)NC(=O)[C@@H](CC(C)C)NC(=O)[C@@H](C)NC(=O)C3)cnc12. The molecule has 4 heterocycles. The highest BCUT2D eigenvalue weighted by molar-refractivity contribution is 5.93. The van der Waals surface area contributed by atoms with Gasteiger partial charge in [0.1, 0.15) is 30.1 Å². The minimum absolute atomic E-state index is 0.0106. The van der Waals surface area contributed by atoms with Gasteiger partial charge in [-0.05, 0) is 51.2 Å². The van der Waals surface area contributed by atoms with E-state index < -0.39 is 35.8 Å². The maximum Gasteiger partial charge on any atom is 0.243 e. The molecule has 15 heteroatoms. The summed E-state index contributed by atoms with van der Waals surface area (Å²) < 4.78 is 3.31. The lowest BCUT2D eigenvalue weighted by atomic mass is 10.0. The van der Waals surface area contributed by atoms with Gasteiger partial charge in [0.05, 0.1) is 24.7 Å². The highest BCUT2D eigenvalue weighted by atomic mass is 16.2. The Morgan fingerprint density at radius 3 is 2.43 bits per heavy atom. The van der Waals surface area contributed by atoms with Crippen LogP contribution in [0.4, 0.5) is 0 Å². The molecule has 1 aliphatic rings. The smallest absolute Gasteiger partial charge is 0.243 e. The van der Waals surface area contributed by atoms with Crippen LogP contribution >= 0.6 is 0 Å². The zero-order chi connectivity index (χ0) is 36.7. The van der Waals surface area contributed by atoms with Crippen molar-refractivity contribution in [2.75, 3.05) is 19.6 Å². The van der Waals surface area contributed by atoms with Crippen LogP contribution in [0.5, 0.6) is 0 Å². The van der Waals surface area contributed by atoms with Gasteiger partial charge < -0.3 is 30.6 Å². The number of fused-ring (bicyclic) bond motifs is 2. The minimum Gasteiger partial charge on any atom is -0.354 e. The number of carbonyl (C=O) groups is 5. The van der Waals surface area contributed by atoms with E-state index >= 15 is 0 Å². The number of imidazole rings is 1. The van der Waals surface area contributed by atoms with Gasteiger partial charge >= 0.3 is 0 Å². The van der Waals surface area contributed by atoms with Gasteiger partial charge in [-0.2, -0.15) is 5.10 Å². The van der Waals surface area contributed by atoms with Gasteiger partial charge in [-0.1, -0.05) is 50.2 Å². The van der Waals surface area contributed by atoms with E-state index in [9.17, 15) is 24.0 Å². The van der Waals surface area contributed by atoms with Crippen LogP contribution in [0, 0.1) is 12.8 Å². The van der Waals surface area contributed by atoms with Crippen molar-refractivity contribution >= 4 is 35.2 Å². The third-order valence-corrected chi connectivity index (χ3v) is 8.64. The summed E-state index contributed by atoms with van der Waals surface area (Å²) in [5.74, 6) is -1.36. The molecule has 0 aliphatic carbocycles. The van der Waals surface area contributed by atoms with Gasteiger partial charge in [-0.3, -0.25) is 24.0 Å². The summed E-state index contributed by atoms with van der Waals surface area (Å²) in [5.41, 5.74) is 3.11. The van der Waals surface area contributed by atoms with Crippen LogP contribution in [-0.2, 0) is 36.9 Å². The summed E-state index contributed by atoms with van der Waals surface area (Å²) >= 11 is 0. The molecule has 270 valence electrons. The number of amides is 5. The van der Waals surface area contributed by atoms with Crippen LogP contribution in [0.1, 0.15) is 63.7 Å². The van der Waals surface area contributed by atoms with E-state index in [0.29, 0.717) is 30.2 Å². The van der Waals surface area contributed by atoms with Gasteiger partial charge in [0, 0.05) is 31.0 Å². The van der Waals surface area contributed by atoms with Crippen LogP contribution in [0.2, 0.25) is 0 Å². The van der Waals surface area contributed by atoms with Crippen molar-refractivity contribution in [1.29, 1.82) is 0 Å². The Labute approximate surface area is 296 Å². The minimum atomic E-state index is -0.992. The topological polar surface area (TPSA) is 185 Å². The number of pyridine rings is 1. The number of rotatable bonds is 5. The van der Waals surface area contributed by atoms with Crippen molar-refractivity contribution in [3.8, 4) is 11.4 Å². The zero-order valence-electron chi connectivity index (χ0n) is 29.7. The van der Waals surface area contributed by atoms with E-state index in [2.05, 4.69) is 31.3 Å². The molecule has 3 atom stereocenters. The predicted molar refractivity (Wildman–Crippen MR) is 189 cm³/mol. The number of nitrogens with zero attached hydrogens (tertiary/aromatic N) is 6. The number of nitrogens with one attached hydrogen (secondary N) is 4. The summed E-state index contributed by atoms with van der Waals surface area (Å²) in [4.78, 5) is 77.6. The number of aryl methyl sites for hydroxylation is 1. The van der Waals surface area contributed by atoms with E-state index in [1.54, 1.807) is 13.1 Å². The van der Waals surface area contributed by atoms with Crippen LogP contribution in [0.3, 0.4) is 0 Å². The lowest BCUT2D eigenvalue weighted by Gasteiger charge is -2.25. The highest BCUT2D eigenvalue weighted by Gasteiger charge is 2.29. The monoisotopic (exact) mass is 698 g/mol. The molecule has 5 rings (SSSR count). The molecular weight excluding hydrogens is 652 g/mol. The van der Waals surface area contributed by atoms with Crippen molar-refractivity contribution in [2.24, 2.45) is 5.92 Å². The highest BCUT2D eigenvalue weighted by Crippen LogP contribution is 2.20. The van der Waals surface area contributed by atoms with Crippen LogP contribution in [-0.4, -0.2) is 90.3 Å². The Balaban J connectivity index is 1.40. The molecule has 15 nitrogen and oxygen atoms in total. The van der Waals surface area contributed by atoms with Gasteiger partial charge in [0.25, 0.3) is 0 Å². The van der Waals surface area contributed by atoms with Gasteiger partial charge in [-0.15, -0.1) is 0 Å². The van der Waals surface area contributed by atoms with Crippen molar-refractivity contribution in [3.63, 3.8) is 0 Å². The van der Waals surface area contributed by atoms with Crippen LogP contribution in [0.25, 0.3) is 17.0 Å². The number of hydrogen-bond acceptors (Lipinski definition) is 8. The molecular formula is C36H46N10O5. The fraction of sp³-hybridized carbons (Fsp3) is 0.444. The largest absolute Gasteiger partial charge is 0.354 e. The molecule has 5 amide bonds. The molecule has 0 radical (unpaired) electrons. The second kappa shape index (κ2) is 16.4. The fourth-order valence-electron chi connectivity index (χ4n) is 5.99. The normalized spacial score (nSPS) is 20.0. The molecule has 4 N–H and O–H groups in total. The van der Waals surface area contributed by atoms with Crippen molar-refractivity contribution in [3.05, 3.63) is 71.9 Å². The molecule has 51 heavy (non-hydrogen) atoms. The second-order valence-corrected chi connectivity index (χ2v) is 13.4.